The Labute approximate surface area is 122 Å². The SMILES string of the molecule is CCCCCCCC([O])C(C)(CCCC)CCCC. The van der Waals surface area contributed by atoms with Crippen molar-refractivity contribution < 1.29 is 5.11 Å². The normalized spacial score (nSPS) is 13.7. The van der Waals surface area contributed by atoms with Crippen LogP contribution in [0, 0.1) is 5.41 Å². The molecule has 0 saturated heterocycles. The summed E-state index contributed by atoms with van der Waals surface area (Å²) in [5.41, 5.74) is 0.0524. The zero-order chi connectivity index (χ0) is 14.6. The zero-order valence-electron chi connectivity index (χ0n) is 14.0. The van der Waals surface area contributed by atoms with Crippen LogP contribution in [0.1, 0.15) is 105 Å². The second-order valence-corrected chi connectivity index (χ2v) is 6.55. The lowest BCUT2D eigenvalue weighted by Crippen LogP contribution is -2.31. The average Bonchev–Trinajstić information content (AvgIpc) is 2.42. The molecule has 0 spiro atoms. The van der Waals surface area contributed by atoms with Crippen LogP contribution in [-0.2, 0) is 5.11 Å². The summed E-state index contributed by atoms with van der Waals surface area (Å²) in [4.78, 5) is 0. The lowest BCUT2D eigenvalue weighted by atomic mass is 9.74. The van der Waals surface area contributed by atoms with Crippen LogP contribution in [0.2, 0.25) is 0 Å². The minimum atomic E-state index is -0.341. The van der Waals surface area contributed by atoms with Crippen molar-refractivity contribution in [3.05, 3.63) is 0 Å². The molecule has 0 amide bonds. The van der Waals surface area contributed by atoms with Crippen LogP contribution in [0.5, 0.6) is 0 Å². The fourth-order valence-corrected chi connectivity index (χ4v) is 2.89. The van der Waals surface area contributed by atoms with E-state index in [0.717, 1.165) is 25.7 Å². The van der Waals surface area contributed by atoms with Crippen LogP contribution in [0.15, 0.2) is 0 Å². The number of hydrogen-bond donors (Lipinski definition) is 0. The predicted molar refractivity (Wildman–Crippen MR) is 85.0 cm³/mol. The third kappa shape index (κ3) is 8.68. The van der Waals surface area contributed by atoms with Gasteiger partial charge >= 0.3 is 0 Å². The number of hydrogen-bond acceptors (Lipinski definition) is 0. The van der Waals surface area contributed by atoms with Gasteiger partial charge in [-0.15, -0.1) is 0 Å². The molecule has 0 aliphatic carbocycles. The van der Waals surface area contributed by atoms with E-state index in [1.165, 1.54) is 51.4 Å². The van der Waals surface area contributed by atoms with Crippen LogP contribution >= 0.6 is 0 Å². The number of unbranched alkanes of at least 4 members (excludes halogenated alkanes) is 6. The maximum Gasteiger partial charge on any atom is 0.0983 e. The van der Waals surface area contributed by atoms with E-state index in [1.54, 1.807) is 0 Å². The third-order valence-corrected chi connectivity index (χ3v) is 4.55. The van der Waals surface area contributed by atoms with Gasteiger partial charge < -0.3 is 0 Å². The molecule has 0 aliphatic heterocycles. The van der Waals surface area contributed by atoms with E-state index in [1.807, 2.05) is 0 Å². The van der Waals surface area contributed by atoms with Gasteiger partial charge in [0.25, 0.3) is 0 Å². The maximum atomic E-state index is 12.6. The molecule has 1 radical (unpaired) electrons. The molecular formula is C18H37O. The minimum absolute atomic E-state index is 0.0524. The molecule has 0 saturated carbocycles. The first-order valence-corrected chi connectivity index (χ1v) is 8.76. The van der Waals surface area contributed by atoms with Gasteiger partial charge in [0.1, 0.15) is 0 Å². The average molecular weight is 269 g/mol. The van der Waals surface area contributed by atoms with Crippen LogP contribution in [-0.4, -0.2) is 6.10 Å². The van der Waals surface area contributed by atoms with Crippen LogP contribution in [0.4, 0.5) is 0 Å². The van der Waals surface area contributed by atoms with Crippen molar-refractivity contribution in [1.82, 2.24) is 0 Å². The molecule has 0 rings (SSSR count). The Bertz CT molecular complexity index is 180. The Morgan fingerprint density at radius 2 is 1.21 bits per heavy atom. The van der Waals surface area contributed by atoms with Gasteiger partial charge in [0.05, 0.1) is 6.10 Å². The van der Waals surface area contributed by atoms with Crippen molar-refractivity contribution in [2.24, 2.45) is 5.41 Å². The molecule has 1 unspecified atom stereocenters. The smallest absolute Gasteiger partial charge is 0.0983 e. The molecule has 19 heavy (non-hydrogen) atoms. The highest BCUT2D eigenvalue weighted by Crippen LogP contribution is 2.36. The Hall–Kier alpha value is -0.0400. The summed E-state index contributed by atoms with van der Waals surface area (Å²) in [5.74, 6) is 0. The van der Waals surface area contributed by atoms with Gasteiger partial charge in [-0.2, -0.15) is 0 Å². The van der Waals surface area contributed by atoms with E-state index in [2.05, 4.69) is 27.7 Å². The topological polar surface area (TPSA) is 19.9 Å². The van der Waals surface area contributed by atoms with Crippen LogP contribution in [0.3, 0.4) is 0 Å². The highest BCUT2D eigenvalue weighted by Gasteiger charge is 2.32. The predicted octanol–water partition coefficient (Wildman–Crippen LogP) is 6.53. The monoisotopic (exact) mass is 269 g/mol. The fourth-order valence-electron chi connectivity index (χ4n) is 2.89. The lowest BCUT2D eigenvalue weighted by molar-refractivity contribution is -0.0375. The van der Waals surface area contributed by atoms with Gasteiger partial charge in [-0.05, 0) is 24.7 Å². The second kappa shape index (κ2) is 11.8. The van der Waals surface area contributed by atoms with E-state index < -0.39 is 0 Å². The molecule has 0 aromatic rings. The summed E-state index contributed by atoms with van der Waals surface area (Å²) >= 11 is 0. The summed E-state index contributed by atoms with van der Waals surface area (Å²) in [6, 6.07) is 0. The van der Waals surface area contributed by atoms with Crippen LogP contribution < -0.4 is 0 Å². The van der Waals surface area contributed by atoms with Gasteiger partial charge in [-0.25, -0.2) is 5.11 Å². The standard InChI is InChI=1S/C18H37O/c1-5-8-11-12-13-14-17(19)18(4,15-9-6-2)16-10-7-3/h17H,5-16H2,1-4H3. The van der Waals surface area contributed by atoms with E-state index in [-0.39, 0.29) is 11.5 Å². The van der Waals surface area contributed by atoms with Gasteiger partial charge in [-0.3, -0.25) is 0 Å². The van der Waals surface area contributed by atoms with E-state index in [9.17, 15) is 5.11 Å². The first-order valence-electron chi connectivity index (χ1n) is 8.76. The van der Waals surface area contributed by atoms with Crippen LogP contribution in [0.25, 0.3) is 0 Å². The van der Waals surface area contributed by atoms with Crippen molar-refractivity contribution in [1.29, 1.82) is 0 Å². The molecule has 0 bridgehead atoms. The Morgan fingerprint density at radius 3 is 1.68 bits per heavy atom. The molecule has 115 valence electrons. The molecule has 1 atom stereocenters. The first kappa shape index (κ1) is 19.0. The minimum Gasteiger partial charge on any atom is -0.233 e. The largest absolute Gasteiger partial charge is 0.233 e. The van der Waals surface area contributed by atoms with E-state index in [4.69, 9.17) is 0 Å². The summed E-state index contributed by atoms with van der Waals surface area (Å²) in [5, 5.41) is 12.6. The number of rotatable bonds is 13. The summed E-state index contributed by atoms with van der Waals surface area (Å²) in [6.07, 6.45) is 14.0. The summed E-state index contributed by atoms with van der Waals surface area (Å²) in [7, 11) is 0. The molecule has 0 N–H and O–H groups in total. The lowest BCUT2D eigenvalue weighted by Gasteiger charge is -2.33. The van der Waals surface area contributed by atoms with Crippen molar-refractivity contribution >= 4 is 0 Å². The molecular weight excluding hydrogens is 232 g/mol. The van der Waals surface area contributed by atoms with E-state index >= 15 is 0 Å². The second-order valence-electron chi connectivity index (χ2n) is 6.55. The molecule has 0 aromatic heterocycles. The molecule has 0 fully saturated rings. The highest BCUT2D eigenvalue weighted by atomic mass is 16.3. The summed E-state index contributed by atoms with van der Waals surface area (Å²) < 4.78 is 0. The van der Waals surface area contributed by atoms with Gasteiger partial charge in [0.2, 0.25) is 0 Å². The van der Waals surface area contributed by atoms with Gasteiger partial charge in [0, 0.05) is 0 Å². The fraction of sp³-hybridized carbons (Fsp3) is 1.00. The van der Waals surface area contributed by atoms with E-state index in [0.29, 0.717) is 0 Å². The first-order chi connectivity index (χ1) is 9.10. The maximum absolute atomic E-state index is 12.6. The van der Waals surface area contributed by atoms with Crippen molar-refractivity contribution in [2.45, 2.75) is 111 Å². The summed E-state index contributed by atoms with van der Waals surface area (Å²) in [6.45, 7) is 8.95. The molecule has 0 aromatic carbocycles. The van der Waals surface area contributed by atoms with Crippen molar-refractivity contribution in [3.8, 4) is 0 Å². The molecule has 1 heteroatoms. The highest BCUT2D eigenvalue weighted by molar-refractivity contribution is 4.82. The third-order valence-electron chi connectivity index (χ3n) is 4.55. The zero-order valence-corrected chi connectivity index (χ0v) is 14.0. The quantitative estimate of drug-likeness (QED) is 0.339. The molecule has 0 aliphatic rings. The Kier molecular flexibility index (Phi) is 11.7. The molecule has 0 heterocycles. The Morgan fingerprint density at radius 1 is 0.737 bits per heavy atom. The van der Waals surface area contributed by atoms with Crippen molar-refractivity contribution in [3.63, 3.8) is 0 Å². The molecule has 1 nitrogen and oxygen atoms in total. The van der Waals surface area contributed by atoms with Gasteiger partial charge in [-0.1, -0.05) is 85.5 Å². The Balaban J connectivity index is 4.09. The van der Waals surface area contributed by atoms with Gasteiger partial charge in [0.15, 0.2) is 0 Å². The van der Waals surface area contributed by atoms with Crippen molar-refractivity contribution in [2.75, 3.05) is 0 Å².